The second kappa shape index (κ2) is 4.86. The van der Waals surface area contributed by atoms with Crippen LogP contribution in [0.15, 0.2) is 30.3 Å². The molecule has 1 aromatic rings. The molecule has 2 amide bonds. The number of nitrogens with zero attached hydrogens (tertiary/aromatic N) is 1. The van der Waals surface area contributed by atoms with Crippen LogP contribution in [0.1, 0.15) is 12.0 Å². The summed E-state index contributed by atoms with van der Waals surface area (Å²) >= 11 is 0. The molecule has 1 atom stereocenters. The molecule has 1 aromatic carbocycles. The van der Waals surface area contributed by atoms with Gasteiger partial charge < -0.3 is 10.5 Å². The fraction of sp³-hybridized carbons (Fsp3) is 0.333. The van der Waals surface area contributed by atoms with E-state index in [1.165, 1.54) is 4.90 Å². The number of nitrogens with two attached hydrogens (primary N) is 1. The highest BCUT2D eigenvalue weighted by Gasteiger charge is 2.37. The van der Waals surface area contributed by atoms with Gasteiger partial charge in [-0.05, 0) is 12.0 Å². The van der Waals surface area contributed by atoms with Crippen LogP contribution in [0.3, 0.4) is 0 Å². The molecule has 5 heteroatoms. The van der Waals surface area contributed by atoms with Crippen LogP contribution in [0, 0.1) is 0 Å². The summed E-state index contributed by atoms with van der Waals surface area (Å²) in [6, 6.07) is 8.88. The van der Waals surface area contributed by atoms with E-state index in [1.807, 2.05) is 30.3 Å². The largest absolute Gasteiger partial charge is 0.445 e. The number of likely N-dealkylation sites (tertiary alicyclic amines) is 1. The monoisotopic (exact) mass is 234 g/mol. The van der Waals surface area contributed by atoms with Crippen molar-refractivity contribution in [2.45, 2.75) is 19.1 Å². The molecular formula is C12H14N2O3. The van der Waals surface area contributed by atoms with Gasteiger partial charge in [0.1, 0.15) is 12.6 Å². The average molecular weight is 234 g/mol. The summed E-state index contributed by atoms with van der Waals surface area (Å²) in [6.07, 6.45) is 0.138. The maximum atomic E-state index is 11.6. The summed E-state index contributed by atoms with van der Waals surface area (Å²) in [5.41, 5.74) is 6.06. The highest BCUT2D eigenvalue weighted by atomic mass is 16.6. The fourth-order valence-corrected chi connectivity index (χ4v) is 1.70. The lowest BCUT2D eigenvalue weighted by molar-refractivity contribution is -0.126. The predicted octanol–water partition coefficient (Wildman–Crippen LogP) is 0.883. The molecule has 2 rings (SSSR count). The molecule has 0 bridgehead atoms. The number of ether oxygens (including phenoxy) is 1. The van der Waals surface area contributed by atoms with Gasteiger partial charge in [-0.25, -0.2) is 4.79 Å². The number of carbonyl (C=O) groups is 2. The minimum absolute atomic E-state index is 0.210. The maximum Gasteiger partial charge on any atom is 0.410 e. The van der Waals surface area contributed by atoms with Crippen LogP contribution < -0.4 is 5.73 Å². The van der Waals surface area contributed by atoms with Crippen molar-refractivity contribution in [1.82, 2.24) is 4.90 Å². The molecule has 1 saturated heterocycles. The average Bonchev–Trinajstić information content (AvgIpc) is 2.25. The van der Waals surface area contributed by atoms with Crippen LogP contribution >= 0.6 is 0 Å². The van der Waals surface area contributed by atoms with E-state index in [-0.39, 0.29) is 6.61 Å². The molecule has 17 heavy (non-hydrogen) atoms. The Labute approximate surface area is 99.2 Å². The number of hydrogen-bond acceptors (Lipinski definition) is 3. The first-order valence-corrected chi connectivity index (χ1v) is 5.45. The van der Waals surface area contributed by atoms with Crippen molar-refractivity contribution in [2.75, 3.05) is 6.54 Å². The molecule has 0 aliphatic carbocycles. The van der Waals surface area contributed by atoms with Gasteiger partial charge in [-0.15, -0.1) is 0 Å². The van der Waals surface area contributed by atoms with Gasteiger partial charge >= 0.3 is 6.09 Å². The Morgan fingerprint density at radius 2 is 2.06 bits per heavy atom. The third-order valence-electron chi connectivity index (χ3n) is 2.79. The van der Waals surface area contributed by atoms with Gasteiger partial charge in [0.25, 0.3) is 0 Å². The first-order valence-electron chi connectivity index (χ1n) is 5.45. The van der Waals surface area contributed by atoms with E-state index in [9.17, 15) is 9.59 Å². The fourth-order valence-electron chi connectivity index (χ4n) is 1.70. The van der Waals surface area contributed by atoms with Gasteiger partial charge in [0.05, 0.1) is 0 Å². The molecule has 1 fully saturated rings. The van der Waals surface area contributed by atoms with Gasteiger partial charge in [0.2, 0.25) is 5.91 Å². The molecule has 2 N–H and O–H groups in total. The Balaban J connectivity index is 1.84. The standard InChI is InChI=1S/C12H14N2O3/c13-11(15)10-6-7-14(10)12(16)17-8-9-4-2-1-3-5-9/h1-5,10H,6-8H2,(H2,13,15)/t10-/m0/s1. The summed E-state index contributed by atoms with van der Waals surface area (Å²) in [6.45, 7) is 0.739. The Kier molecular flexibility index (Phi) is 3.27. The summed E-state index contributed by atoms with van der Waals surface area (Å²) in [5.74, 6) is -0.479. The number of amides is 2. The van der Waals surface area contributed by atoms with Crippen molar-refractivity contribution in [3.63, 3.8) is 0 Å². The SMILES string of the molecule is NC(=O)[C@@H]1CCN1C(=O)OCc1ccccc1. The molecule has 5 nitrogen and oxygen atoms in total. The smallest absolute Gasteiger partial charge is 0.410 e. The number of primary amides is 1. The molecular weight excluding hydrogens is 220 g/mol. The van der Waals surface area contributed by atoms with Crippen LogP contribution in [0.25, 0.3) is 0 Å². The number of carbonyl (C=O) groups excluding carboxylic acids is 2. The zero-order valence-corrected chi connectivity index (χ0v) is 9.33. The van der Waals surface area contributed by atoms with Crippen molar-refractivity contribution >= 4 is 12.0 Å². The molecule has 0 spiro atoms. The number of rotatable bonds is 3. The van der Waals surface area contributed by atoms with Gasteiger partial charge in [0, 0.05) is 6.54 Å². The minimum Gasteiger partial charge on any atom is -0.445 e. The molecule has 0 unspecified atom stereocenters. The molecule has 1 aliphatic rings. The van der Waals surface area contributed by atoms with Crippen molar-refractivity contribution in [3.05, 3.63) is 35.9 Å². The summed E-state index contributed by atoms with van der Waals surface area (Å²) in [7, 11) is 0. The first-order chi connectivity index (χ1) is 8.18. The second-order valence-electron chi connectivity index (χ2n) is 3.94. The molecule has 0 saturated carbocycles. The number of hydrogen-bond donors (Lipinski definition) is 1. The maximum absolute atomic E-state index is 11.6. The highest BCUT2D eigenvalue weighted by Crippen LogP contribution is 2.18. The number of benzene rings is 1. The van der Waals surface area contributed by atoms with Gasteiger partial charge in [0.15, 0.2) is 0 Å². The zero-order valence-electron chi connectivity index (χ0n) is 9.33. The quantitative estimate of drug-likeness (QED) is 0.843. The van der Waals surface area contributed by atoms with Crippen LogP contribution in [0.2, 0.25) is 0 Å². The van der Waals surface area contributed by atoms with Crippen molar-refractivity contribution in [2.24, 2.45) is 5.73 Å². The predicted molar refractivity (Wildman–Crippen MR) is 60.9 cm³/mol. The van der Waals surface area contributed by atoms with Crippen LogP contribution in [0.5, 0.6) is 0 Å². The van der Waals surface area contributed by atoms with Crippen LogP contribution in [0.4, 0.5) is 4.79 Å². The Hall–Kier alpha value is -2.04. The van der Waals surface area contributed by atoms with Crippen molar-refractivity contribution in [1.29, 1.82) is 0 Å². The summed E-state index contributed by atoms with van der Waals surface area (Å²) in [5, 5.41) is 0. The van der Waals surface area contributed by atoms with E-state index < -0.39 is 18.0 Å². The van der Waals surface area contributed by atoms with Crippen molar-refractivity contribution < 1.29 is 14.3 Å². The minimum atomic E-state index is -0.502. The first kappa shape index (κ1) is 11.4. The molecule has 0 aromatic heterocycles. The van der Waals surface area contributed by atoms with E-state index in [1.54, 1.807) is 0 Å². The molecule has 1 heterocycles. The van der Waals surface area contributed by atoms with E-state index in [0.717, 1.165) is 5.56 Å². The van der Waals surface area contributed by atoms with E-state index >= 15 is 0 Å². The molecule has 90 valence electrons. The molecule has 0 radical (unpaired) electrons. The topological polar surface area (TPSA) is 72.6 Å². The van der Waals surface area contributed by atoms with E-state index in [2.05, 4.69) is 0 Å². The van der Waals surface area contributed by atoms with E-state index in [4.69, 9.17) is 10.5 Å². The normalized spacial score (nSPS) is 18.4. The zero-order chi connectivity index (χ0) is 12.3. The highest BCUT2D eigenvalue weighted by molar-refractivity contribution is 5.85. The molecule has 1 aliphatic heterocycles. The summed E-state index contributed by atoms with van der Waals surface area (Å²) < 4.78 is 5.09. The third-order valence-corrected chi connectivity index (χ3v) is 2.79. The Morgan fingerprint density at radius 1 is 1.35 bits per heavy atom. The lowest BCUT2D eigenvalue weighted by Gasteiger charge is -2.37. The second-order valence-corrected chi connectivity index (χ2v) is 3.94. The van der Waals surface area contributed by atoms with Gasteiger partial charge in [-0.2, -0.15) is 0 Å². The lowest BCUT2D eigenvalue weighted by atomic mass is 10.0. The Bertz CT molecular complexity index is 419. The van der Waals surface area contributed by atoms with E-state index in [0.29, 0.717) is 13.0 Å². The Morgan fingerprint density at radius 3 is 2.59 bits per heavy atom. The van der Waals surface area contributed by atoms with Gasteiger partial charge in [-0.3, -0.25) is 9.69 Å². The summed E-state index contributed by atoms with van der Waals surface area (Å²) in [4.78, 5) is 23.9. The van der Waals surface area contributed by atoms with Crippen LogP contribution in [-0.4, -0.2) is 29.5 Å². The lowest BCUT2D eigenvalue weighted by Crippen LogP contribution is -2.57. The third kappa shape index (κ3) is 2.55. The van der Waals surface area contributed by atoms with Crippen molar-refractivity contribution in [3.8, 4) is 0 Å². The van der Waals surface area contributed by atoms with Crippen LogP contribution in [-0.2, 0) is 16.1 Å². The van der Waals surface area contributed by atoms with Gasteiger partial charge in [-0.1, -0.05) is 30.3 Å².